The summed E-state index contributed by atoms with van der Waals surface area (Å²) in [5, 5.41) is 18.7. The molecule has 0 heterocycles. The monoisotopic (exact) mass is 352 g/mol. The summed E-state index contributed by atoms with van der Waals surface area (Å²) >= 11 is 0. The molecule has 0 bridgehead atoms. The Hall–Kier alpha value is -1.49. The number of carbonyl (C=O) groups is 3. The number of allylic oxidation sites excluding steroid dienone is 1. The molecule has 1 rings (SSSR count). The lowest BCUT2D eigenvalue weighted by Gasteiger charge is -2.17. The van der Waals surface area contributed by atoms with Crippen LogP contribution in [-0.2, 0) is 14.4 Å². The summed E-state index contributed by atoms with van der Waals surface area (Å²) in [6.07, 6.45) is 10.4. The fraction of sp³-hybridized carbons (Fsp3) is 0.750. The van der Waals surface area contributed by atoms with Gasteiger partial charge in [-0.25, -0.2) is 0 Å². The van der Waals surface area contributed by atoms with Crippen molar-refractivity contribution in [2.75, 3.05) is 0 Å². The van der Waals surface area contributed by atoms with Crippen molar-refractivity contribution >= 4 is 17.5 Å². The first-order chi connectivity index (χ1) is 12.0. The van der Waals surface area contributed by atoms with Crippen LogP contribution in [0.15, 0.2) is 12.2 Å². The van der Waals surface area contributed by atoms with Crippen LogP contribution in [0, 0.1) is 11.8 Å². The van der Waals surface area contributed by atoms with E-state index in [1.165, 1.54) is 0 Å². The summed E-state index contributed by atoms with van der Waals surface area (Å²) in [6, 6.07) is 0. The van der Waals surface area contributed by atoms with Crippen molar-refractivity contribution in [3.63, 3.8) is 0 Å². The average molecular weight is 352 g/mol. The molecule has 5 heteroatoms. The molecule has 0 aliphatic heterocycles. The van der Waals surface area contributed by atoms with Crippen LogP contribution in [0.1, 0.15) is 77.6 Å². The van der Waals surface area contributed by atoms with Gasteiger partial charge < -0.3 is 10.2 Å². The highest BCUT2D eigenvalue weighted by atomic mass is 16.4. The van der Waals surface area contributed by atoms with Gasteiger partial charge in [-0.05, 0) is 25.3 Å². The van der Waals surface area contributed by atoms with Crippen molar-refractivity contribution in [2.45, 2.75) is 83.7 Å². The first kappa shape index (κ1) is 21.6. The highest BCUT2D eigenvalue weighted by Crippen LogP contribution is 2.34. The molecule has 3 unspecified atom stereocenters. The van der Waals surface area contributed by atoms with Gasteiger partial charge in [0.1, 0.15) is 5.78 Å². The highest BCUT2D eigenvalue weighted by molar-refractivity contribution is 5.90. The summed E-state index contributed by atoms with van der Waals surface area (Å²) in [5.41, 5.74) is 0. The van der Waals surface area contributed by atoms with Crippen LogP contribution in [0.5, 0.6) is 0 Å². The van der Waals surface area contributed by atoms with Gasteiger partial charge in [-0.2, -0.15) is 0 Å². The number of carboxylic acids is 1. The van der Waals surface area contributed by atoms with Gasteiger partial charge in [-0.15, -0.1) is 0 Å². The molecule has 5 nitrogen and oxygen atoms in total. The number of aliphatic hydroxyl groups is 1. The number of hydrogen-bond donors (Lipinski definition) is 2. The molecule has 1 saturated carbocycles. The molecule has 0 radical (unpaired) electrons. The molecule has 0 aromatic carbocycles. The van der Waals surface area contributed by atoms with Crippen molar-refractivity contribution in [3.05, 3.63) is 12.2 Å². The Morgan fingerprint density at radius 1 is 1.08 bits per heavy atom. The molecular weight excluding hydrogens is 320 g/mol. The van der Waals surface area contributed by atoms with Gasteiger partial charge in [-0.1, -0.05) is 45.1 Å². The van der Waals surface area contributed by atoms with Crippen LogP contribution < -0.4 is 0 Å². The lowest BCUT2D eigenvalue weighted by Crippen LogP contribution is -2.19. The van der Waals surface area contributed by atoms with Crippen molar-refractivity contribution in [1.82, 2.24) is 0 Å². The number of aliphatic hydroxyl groups excluding tert-OH is 1. The van der Waals surface area contributed by atoms with Crippen molar-refractivity contribution in [3.8, 4) is 0 Å². The van der Waals surface area contributed by atoms with E-state index >= 15 is 0 Å². The van der Waals surface area contributed by atoms with Gasteiger partial charge in [0.15, 0.2) is 5.78 Å². The molecule has 1 aliphatic rings. The Balaban J connectivity index is 2.40. The largest absolute Gasteiger partial charge is 0.481 e. The maximum absolute atomic E-state index is 12.1. The fourth-order valence-corrected chi connectivity index (χ4v) is 3.44. The quantitative estimate of drug-likeness (QED) is 0.390. The minimum Gasteiger partial charge on any atom is -0.481 e. The number of rotatable bonds is 13. The normalized spacial score (nSPS) is 23.4. The van der Waals surface area contributed by atoms with Gasteiger partial charge in [0.25, 0.3) is 0 Å². The van der Waals surface area contributed by atoms with Gasteiger partial charge >= 0.3 is 5.97 Å². The van der Waals surface area contributed by atoms with Crippen LogP contribution in [0.2, 0.25) is 0 Å². The van der Waals surface area contributed by atoms with Crippen molar-refractivity contribution in [2.24, 2.45) is 11.8 Å². The maximum Gasteiger partial charge on any atom is 0.303 e. The Kier molecular flexibility index (Phi) is 10.3. The number of ketones is 2. The zero-order chi connectivity index (χ0) is 18.7. The third-order valence-electron chi connectivity index (χ3n) is 4.92. The van der Waals surface area contributed by atoms with E-state index in [-0.39, 0.29) is 36.2 Å². The van der Waals surface area contributed by atoms with Gasteiger partial charge in [0.2, 0.25) is 0 Å². The fourth-order valence-electron chi connectivity index (χ4n) is 3.44. The smallest absolute Gasteiger partial charge is 0.303 e. The predicted octanol–water partition coefficient (Wildman–Crippen LogP) is 3.68. The van der Waals surface area contributed by atoms with E-state index in [2.05, 4.69) is 6.92 Å². The van der Waals surface area contributed by atoms with E-state index in [0.717, 1.165) is 38.5 Å². The Morgan fingerprint density at radius 3 is 2.44 bits per heavy atom. The van der Waals surface area contributed by atoms with E-state index in [0.29, 0.717) is 19.3 Å². The molecule has 0 saturated heterocycles. The standard InChI is InChI=1S/C20H32O5/c1-2-3-6-9-15(21)12-13-17-16(18(22)14-19(17)23)10-7-4-5-8-11-20(24)25/h12-13,16-17,19,23H,2-11,14H2,1H3,(H,24,25). The SMILES string of the molecule is CCCCCC(=O)C=CC1C(O)CC(=O)C1CCCCCCC(=O)O. The predicted molar refractivity (Wildman–Crippen MR) is 96.2 cm³/mol. The number of carbonyl (C=O) groups excluding carboxylic acids is 2. The molecule has 142 valence electrons. The molecule has 2 N–H and O–H groups in total. The van der Waals surface area contributed by atoms with Gasteiger partial charge in [0.05, 0.1) is 6.10 Å². The summed E-state index contributed by atoms with van der Waals surface area (Å²) < 4.78 is 0. The van der Waals surface area contributed by atoms with E-state index in [4.69, 9.17) is 5.11 Å². The van der Waals surface area contributed by atoms with Gasteiger partial charge in [0, 0.05) is 31.1 Å². The Bertz CT molecular complexity index is 469. The lowest BCUT2D eigenvalue weighted by molar-refractivity contribution is -0.137. The van der Waals surface area contributed by atoms with Crippen LogP contribution >= 0.6 is 0 Å². The molecule has 0 amide bonds. The van der Waals surface area contributed by atoms with Crippen LogP contribution in [0.3, 0.4) is 0 Å². The number of hydrogen-bond acceptors (Lipinski definition) is 4. The first-order valence-corrected chi connectivity index (χ1v) is 9.59. The maximum atomic E-state index is 12.1. The summed E-state index contributed by atoms with van der Waals surface area (Å²) in [5.74, 6) is -1.11. The van der Waals surface area contributed by atoms with Crippen LogP contribution in [0.25, 0.3) is 0 Å². The first-order valence-electron chi connectivity index (χ1n) is 9.59. The second-order valence-electron chi connectivity index (χ2n) is 7.05. The molecular formula is C20H32O5. The van der Waals surface area contributed by atoms with E-state index in [9.17, 15) is 19.5 Å². The van der Waals surface area contributed by atoms with E-state index < -0.39 is 12.1 Å². The Morgan fingerprint density at radius 2 is 1.76 bits per heavy atom. The number of carboxylic acid groups (broad SMARTS) is 1. The van der Waals surface area contributed by atoms with E-state index in [1.54, 1.807) is 12.2 Å². The highest BCUT2D eigenvalue weighted by Gasteiger charge is 2.39. The topological polar surface area (TPSA) is 91.7 Å². The summed E-state index contributed by atoms with van der Waals surface area (Å²) in [7, 11) is 0. The van der Waals surface area contributed by atoms with Crippen LogP contribution in [0.4, 0.5) is 0 Å². The Labute approximate surface area is 150 Å². The summed E-state index contributed by atoms with van der Waals surface area (Å²) in [4.78, 5) is 34.4. The lowest BCUT2D eigenvalue weighted by atomic mass is 9.88. The third-order valence-corrected chi connectivity index (χ3v) is 4.92. The van der Waals surface area contributed by atoms with Crippen molar-refractivity contribution in [1.29, 1.82) is 0 Å². The minimum absolute atomic E-state index is 0.0624. The molecule has 0 aromatic heterocycles. The molecule has 25 heavy (non-hydrogen) atoms. The zero-order valence-corrected chi connectivity index (χ0v) is 15.3. The minimum atomic E-state index is -0.775. The second-order valence-corrected chi connectivity index (χ2v) is 7.05. The molecule has 1 fully saturated rings. The van der Waals surface area contributed by atoms with Crippen molar-refractivity contribution < 1.29 is 24.6 Å². The van der Waals surface area contributed by atoms with E-state index in [1.807, 2.05) is 0 Å². The number of Topliss-reactive ketones (excluding diaryl/α,β-unsaturated/α-hetero) is 1. The summed E-state index contributed by atoms with van der Waals surface area (Å²) in [6.45, 7) is 2.09. The van der Waals surface area contributed by atoms with Crippen LogP contribution in [-0.4, -0.2) is 33.9 Å². The number of unbranched alkanes of at least 4 members (excludes halogenated alkanes) is 5. The molecule has 1 aliphatic carbocycles. The zero-order valence-electron chi connectivity index (χ0n) is 15.3. The average Bonchev–Trinajstić information content (AvgIpc) is 2.82. The number of aliphatic carboxylic acids is 1. The molecule has 0 spiro atoms. The molecule has 0 aromatic rings. The third kappa shape index (κ3) is 8.43. The molecule has 3 atom stereocenters. The second kappa shape index (κ2) is 12.0. The van der Waals surface area contributed by atoms with Gasteiger partial charge in [-0.3, -0.25) is 14.4 Å².